The Morgan fingerprint density at radius 3 is 2.52 bits per heavy atom. The van der Waals surface area contributed by atoms with E-state index in [4.69, 9.17) is 4.42 Å². The number of hydrogen-bond donors (Lipinski definition) is 1. The molecule has 142 valence electrons. The molecule has 0 saturated heterocycles. The Hall–Kier alpha value is -2.79. The SMILES string of the molecule is CCN(CC)C(CNC(=O)c1cccn1Cc1ccccc1)c1ccco1. The summed E-state index contributed by atoms with van der Waals surface area (Å²) in [7, 11) is 0. The fourth-order valence-electron chi connectivity index (χ4n) is 3.37. The van der Waals surface area contributed by atoms with Gasteiger partial charge in [0, 0.05) is 19.3 Å². The highest BCUT2D eigenvalue weighted by atomic mass is 16.3. The minimum absolute atomic E-state index is 0.0245. The third-order valence-electron chi connectivity index (χ3n) is 4.84. The van der Waals surface area contributed by atoms with Crippen molar-refractivity contribution >= 4 is 5.91 Å². The molecule has 5 heteroatoms. The molecule has 3 aromatic rings. The van der Waals surface area contributed by atoms with Gasteiger partial charge in [-0.15, -0.1) is 0 Å². The number of nitrogens with one attached hydrogen (secondary N) is 1. The third-order valence-corrected chi connectivity index (χ3v) is 4.84. The highest BCUT2D eigenvalue weighted by Gasteiger charge is 2.22. The van der Waals surface area contributed by atoms with Crippen LogP contribution in [0.3, 0.4) is 0 Å². The molecule has 2 heterocycles. The summed E-state index contributed by atoms with van der Waals surface area (Å²) in [5.41, 5.74) is 1.83. The van der Waals surface area contributed by atoms with Crippen LogP contribution in [0.15, 0.2) is 71.5 Å². The molecule has 1 N–H and O–H groups in total. The Morgan fingerprint density at radius 2 is 1.85 bits per heavy atom. The predicted octanol–water partition coefficient (Wildman–Crippen LogP) is 3.94. The van der Waals surface area contributed by atoms with Crippen LogP contribution in [0.5, 0.6) is 0 Å². The monoisotopic (exact) mass is 365 g/mol. The van der Waals surface area contributed by atoms with Crippen LogP contribution in [-0.2, 0) is 6.54 Å². The van der Waals surface area contributed by atoms with Crippen molar-refractivity contribution in [2.24, 2.45) is 0 Å². The van der Waals surface area contributed by atoms with Gasteiger partial charge in [0.15, 0.2) is 0 Å². The van der Waals surface area contributed by atoms with Gasteiger partial charge in [0.25, 0.3) is 5.91 Å². The molecular weight excluding hydrogens is 338 g/mol. The van der Waals surface area contributed by atoms with Crippen LogP contribution < -0.4 is 5.32 Å². The van der Waals surface area contributed by atoms with Gasteiger partial charge in [0.1, 0.15) is 11.5 Å². The molecule has 0 saturated carbocycles. The largest absolute Gasteiger partial charge is 0.468 e. The summed E-state index contributed by atoms with van der Waals surface area (Å²) in [4.78, 5) is 15.1. The molecule has 27 heavy (non-hydrogen) atoms. The molecule has 1 amide bonds. The van der Waals surface area contributed by atoms with E-state index in [1.54, 1.807) is 6.26 Å². The lowest BCUT2D eigenvalue weighted by Crippen LogP contribution is -2.38. The Bertz CT molecular complexity index is 820. The Balaban J connectivity index is 1.69. The number of carbonyl (C=O) groups is 1. The lowest BCUT2D eigenvalue weighted by molar-refractivity contribution is 0.0921. The summed E-state index contributed by atoms with van der Waals surface area (Å²) in [5.74, 6) is 0.804. The molecule has 2 aromatic heterocycles. The van der Waals surface area contributed by atoms with E-state index < -0.39 is 0 Å². The van der Waals surface area contributed by atoms with Crippen molar-refractivity contribution in [3.8, 4) is 0 Å². The molecule has 0 aliphatic rings. The van der Waals surface area contributed by atoms with Gasteiger partial charge in [-0.25, -0.2) is 0 Å². The quantitative estimate of drug-likeness (QED) is 0.625. The van der Waals surface area contributed by atoms with Gasteiger partial charge in [0.05, 0.1) is 12.3 Å². The second kappa shape index (κ2) is 9.24. The number of rotatable bonds is 9. The van der Waals surface area contributed by atoms with E-state index in [-0.39, 0.29) is 11.9 Å². The van der Waals surface area contributed by atoms with Crippen LogP contribution in [0, 0.1) is 0 Å². The molecule has 0 radical (unpaired) electrons. The standard InChI is InChI=1S/C22H27N3O2/c1-3-24(4-2)20(21-13-9-15-27-21)16-23-22(26)19-12-8-14-25(19)17-18-10-6-5-7-11-18/h5-15,20H,3-4,16-17H2,1-2H3,(H,23,26). The second-order valence-corrected chi connectivity index (χ2v) is 6.47. The average Bonchev–Trinajstić information content (AvgIpc) is 3.38. The first-order valence-corrected chi connectivity index (χ1v) is 9.47. The topological polar surface area (TPSA) is 50.4 Å². The maximum absolute atomic E-state index is 12.8. The fourth-order valence-corrected chi connectivity index (χ4v) is 3.37. The lowest BCUT2D eigenvalue weighted by atomic mass is 10.1. The average molecular weight is 365 g/mol. The summed E-state index contributed by atoms with van der Waals surface area (Å²) >= 11 is 0. The minimum Gasteiger partial charge on any atom is -0.468 e. The van der Waals surface area contributed by atoms with Crippen molar-refractivity contribution in [3.63, 3.8) is 0 Å². The van der Waals surface area contributed by atoms with Crippen LogP contribution in [-0.4, -0.2) is 35.0 Å². The molecule has 1 unspecified atom stereocenters. The van der Waals surface area contributed by atoms with Gasteiger partial charge >= 0.3 is 0 Å². The summed E-state index contributed by atoms with van der Waals surface area (Å²) in [6.45, 7) is 7.20. The number of benzene rings is 1. The van der Waals surface area contributed by atoms with Crippen molar-refractivity contribution in [1.29, 1.82) is 0 Å². The molecular formula is C22H27N3O2. The van der Waals surface area contributed by atoms with Crippen LogP contribution in [0.4, 0.5) is 0 Å². The molecule has 0 fully saturated rings. The van der Waals surface area contributed by atoms with Gasteiger partial charge in [-0.2, -0.15) is 0 Å². The first kappa shape index (κ1) is 19.0. The van der Waals surface area contributed by atoms with Gasteiger partial charge in [-0.05, 0) is 42.9 Å². The smallest absolute Gasteiger partial charge is 0.267 e. The molecule has 0 spiro atoms. The van der Waals surface area contributed by atoms with Gasteiger partial charge in [-0.1, -0.05) is 44.2 Å². The van der Waals surface area contributed by atoms with Crippen molar-refractivity contribution < 1.29 is 9.21 Å². The van der Waals surface area contributed by atoms with E-state index in [9.17, 15) is 4.79 Å². The van der Waals surface area contributed by atoms with Crippen molar-refractivity contribution in [3.05, 3.63) is 84.1 Å². The zero-order valence-corrected chi connectivity index (χ0v) is 16.0. The Labute approximate surface area is 160 Å². The molecule has 0 aliphatic carbocycles. The number of likely N-dealkylation sites (N-methyl/N-ethyl adjacent to an activating group) is 1. The summed E-state index contributed by atoms with van der Waals surface area (Å²) in [6.07, 6.45) is 3.62. The molecule has 1 aromatic carbocycles. The van der Waals surface area contributed by atoms with Gasteiger partial charge < -0.3 is 14.3 Å². The maximum Gasteiger partial charge on any atom is 0.267 e. The van der Waals surface area contributed by atoms with Crippen molar-refractivity contribution in [2.45, 2.75) is 26.4 Å². The Kier molecular flexibility index (Phi) is 6.49. The maximum atomic E-state index is 12.8. The van der Waals surface area contributed by atoms with E-state index >= 15 is 0 Å². The van der Waals surface area contributed by atoms with E-state index in [0.717, 1.165) is 18.8 Å². The van der Waals surface area contributed by atoms with Gasteiger partial charge in [-0.3, -0.25) is 9.69 Å². The normalized spacial score (nSPS) is 12.3. The second-order valence-electron chi connectivity index (χ2n) is 6.47. The van der Waals surface area contributed by atoms with Gasteiger partial charge in [0.2, 0.25) is 0 Å². The number of nitrogens with zero attached hydrogens (tertiary/aromatic N) is 2. The Morgan fingerprint density at radius 1 is 1.07 bits per heavy atom. The van der Waals surface area contributed by atoms with E-state index in [1.165, 1.54) is 5.56 Å². The zero-order chi connectivity index (χ0) is 19.1. The van der Waals surface area contributed by atoms with E-state index in [1.807, 2.05) is 53.2 Å². The van der Waals surface area contributed by atoms with Crippen molar-refractivity contribution in [1.82, 2.24) is 14.8 Å². The zero-order valence-electron chi connectivity index (χ0n) is 16.0. The van der Waals surface area contributed by atoms with Crippen LogP contribution in [0.1, 0.15) is 41.7 Å². The van der Waals surface area contributed by atoms with Crippen LogP contribution in [0.2, 0.25) is 0 Å². The first-order valence-electron chi connectivity index (χ1n) is 9.47. The summed E-state index contributed by atoms with van der Waals surface area (Å²) in [5, 5.41) is 3.09. The highest BCUT2D eigenvalue weighted by Crippen LogP contribution is 2.20. The third kappa shape index (κ3) is 4.68. The van der Waals surface area contributed by atoms with Crippen molar-refractivity contribution in [2.75, 3.05) is 19.6 Å². The number of hydrogen-bond acceptors (Lipinski definition) is 3. The van der Waals surface area contributed by atoms with Crippen LogP contribution >= 0.6 is 0 Å². The molecule has 3 rings (SSSR count). The minimum atomic E-state index is -0.0698. The number of aromatic nitrogens is 1. The van der Waals surface area contributed by atoms with E-state index in [0.29, 0.717) is 18.8 Å². The summed E-state index contributed by atoms with van der Waals surface area (Å²) in [6, 6.07) is 17.8. The highest BCUT2D eigenvalue weighted by molar-refractivity contribution is 5.92. The first-order chi connectivity index (χ1) is 13.2. The van der Waals surface area contributed by atoms with E-state index in [2.05, 4.69) is 36.2 Å². The lowest BCUT2D eigenvalue weighted by Gasteiger charge is -2.28. The fraction of sp³-hybridized carbons (Fsp3) is 0.318. The summed E-state index contributed by atoms with van der Waals surface area (Å²) < 4.78 is 7.58. The van der Waals surface area contributed by atoms with Crippen LogP contribution in [0.25, 0.3) is 0 Å². The molecule has 0 aliphatic heterocycles. The molecule has 1 atom stereocenters. The molecule has 5 nitrogen and oxygen atoms in total. The number of amides is 1. The number of carbonyl (C=O) groups excluding carboxylic acids is 1. The number of furan rings is 1. The molecule has 0 bridgehead atoms. The predicted molar refractivity (Wildman–Crippen MR) is 107 cm³/mol.